The molecule has 0 fully saturated rings. The van der Waals surface area contributed by atoms with Gasteiger partial charge in [0.15, 0.2) is 0 Å². The number of carbonyl (C=O) groups excluding carboxylic acids is 1. The molecule has 0 atom stereocenters. The van der Waals surface area contributed by atoms with Crippen LogP contribution in [0.2, 0.25) is 0 Å². The molecule has 15 heavy (non-hydrogen) atoms. The molecule has 0 bridgehead atoms. The lowest BCUT2D eigenvalue weighted by Crippen LogP contribution is -1.85. The highest BCUT2D eigenvalue weighted by atomic mass is 19.1. The molecule has 1 heterocycles. The van der Waals surface area contributed by atoms with Gasteiger partial charge in [0.25, 0.3) is 0 Å². The molecule has 2 aromatic rings. The molecule has 0 radical (unpaired) electrons. The van der Waals surface area contributed by atoms with Gasteiger partial charge in [0, 0.05) is 17.3 Å². The number of hydrogen-bond acceptors (Lipinski definition) is 2. The number of halogens is 1. The van der Waals surface area contributed by atoms with Gasteiger partial charge < -0.3 is 0 Å². The van der Waals surface area contributed by atoms with Crippen LogP contribution in [0, 0.1) is 5.95 Å². The Kier molecular flexibility index (Phi) is 2.54. The molecule has 0 saturated carbocycles. The van der Waals surface area contributed by atoms with Crippen LogP contribution in [0.15, 0.2) is 42.6 Å². The van der Waals surface area contributed by atoms with E-state index in [4.69, 9.17) is 0 Å². The van der Waals surface area contributed by atoms with Gasteiger partial charge in [-0.05, 0) is 23.8 Å². The first kappa shape index (κ1) is 9.52. The summed E-state index contributed by atoms with van der Waals surface area (Å²) in [6.45, 7) is 0. The van der Waals surface area contributed by atoms with Gasteiger partial charge in [0.1, 0.15) is 6.29 Å². The quantitative estimate of drug-likeness (QED) is 0.552. The molecule has 0 N–H and O–H groups in total. The molecule has 0 aliphatic heterocycles. The Bertz CT molecular complexity index is 479. The normalized spacial score (nSPS) is 9.93. The van der Waals surface area contributed by atoms with Gasteiger partial charge in [-0.2, -0.15) is 4.39 Å². The standard InChI is InChI=1S/C12H8FNO/c13-12-5-4-11(7-14-12)10-3-1-2-9(6-10)8-15/h1-8H. The van der Waals surface area contributed by atoms with Gasteiger partial charge in [-0.15, -0.1) is 0 Å². The third kappa shape index (κ3) is 2.07. The second-order valence-corrected chi connectivity index (χ2v) is 3.11. The smallest absolute Gasteiger partial charge is 0.212 e. The first-order chi connectivity index (χ1) is 7.29. The van der Waals surface area contributed by atoms with Crippen molar-refractivity contribution in [1.82, 2.24) is 4.98 Å². The molecular weight excluding hydrogens is 193 g/mol. The van der Waals surface area contributed by atoms with E-state index in [0.29, 0.717) is 5.56 Å². The van der Waals surface area contributed by atoms with E-state index >= 15 is 0 Å². The summed E-state index contributed by atoms with van der Waals surface area (Å²) in [5, 5.41) is 0. The molecule has 0 spiro atoms. The molecule has 74 valence electrons. The fourth-order valence-corrected chi connectivity index (χ4v) is 1.34. The molecule has 2 rings (SSSR count). The van der Waals surface area contributed by atoms with Crippen LogP contribution in [-0.4, -0.2) is 11.3 Å². The van der Waals surface area contributed by atoms with Crippen molar-refractivity contribution in [2.75, 3.05) is 0 Å². The molecule has 1 aromatic heterocycles. The third-order valence-electron chi connectivity index (χ3n) is 2.08. The molecule has 0 unspecified atom stereocenters. The van der Waals surface area contributed by atoms with E-state index in [2.05, 4.69) is 4.98 Å². The molecule has 1 aromatic carbocycles. The van der Waals surface area contributed by atoms with E-state index in [1.54, 1.807) is 24.3 Å². The molecule has 0 aliphatic carbocycles. The highest BCUT2D eigenvalue weighted by molar-refractivity contribution is 5.78. The van der Waals surface area contributed by atoms with Gasteiger partial charge in [-0.1, -0.05) is 18.2 Å². The minimum absolute atomic E-state index is 0.509. The van der Waals surface area contributed by atoms with Gasteiger partial charge in [-0.25, -0.2) is 4.98 Å². The van der Waals surface area contributed by atoms with E-state index in [-0.39, 0.29) is 0 Å². The molecule has 2 nitrogen and oxygen atoms in total. The van der Waals surface area contributed by atoms with E-state index < -0.39 is 5.95 Å². The molecule has 0 saturated heterocycles. The summed E-state index contributed by atoms with van der Waals surface area (Å²) in [4.78, 5) is 14.1. The third-order valence-corrected chi connectivity index (χ3v) is 2.08. The minimum atomic E-state index is -0.509. The highest BCUT2D eigenvalue weighted by Gasteiger charge is 1.99. The number of hydrogen-bond donors (Lipinski definition) is 0. The predicted molar refractivity (Wildman–Crippen MR) is 55.0 cm³/mol. The Hall–Kier alpha value is -2.03. The number of rotatable bonds is 2. The van der Waals surface area contributed by atoms with Crippen LogP contribution in [0.1, 0.15) is 10.4 Å². The van der Waals surface area contributed by atoms with E-state index in [1.165, 1.54) is 12.3 Å². The van der Waals surface area contributed by atoms with Crippen LogP contribution in [0.25, 0.3) is 11.1 Å². The van der Waals surface area contributed by atoms with Crippen molar-refractivity contribution < 1.29 is 9.18 Å². The summed E-state index contributed by atoms with van der Waals surface area (Å²) >= 11 is 0. The van der Waals surface area contributed by atoms with Gasteiger partial charge in [0.2, 0.25) is 5.95 Å². The van der Waals surface area contributed by atoms with E-state index in [1.807, 2.05) is 6.07 Å². The van der Waals surface area contributed by atoms with Crippen molar-refractivity contribution in [3.05, 3.63) is 54.1 Å². The fraction of sp³-hybridized carbons (Fsp3) is 0. The average Bonchev–Trinajstić information content (AvgIpc) is 2.30. The van der Waals surface area contributed by atoms with Crippen LogP contribution in [-0.2, 0) is 0 Å². The Morgan fingerprint density at radius 3 is 2.67 bits per heavy atom. The highest BCUT2D eigenvalue weighted by Crippen LogP contribution is 2.18. The molecule has 0 amide bonds. The fourth-order valence-electron chi connectivity index (χ4n) is 1.34. The summed E-state index contributed by atoms with van der Waals surface area (Å²) in [5.74, 6) is -0.509. The van der Waals surface area contributed by atoms with E-state index in [0.717, 1.165) is 17.4 Å². The lowest BCUT2D eigenvalue weighted by atomic mass is 10.1. The number of carbonyl (C=O) groups is 1. The number of nitrogens with zero attached hydrogens (tertiary/aromatic N) is 1. The van der Waals surface area contributed by atoms with Crippen molar-refractivity contribution in [1.29, 1.82) is 0 Å². The van der Waals surface area contributed by atoms with Gasteiger partial charge >= 0.3 is 0 Å². The molecular formula is C12H8FNO. The lowest BCUT2D eigenvalue weighted by Gasteiger charge is -2.01. The topological polar surface area (TPSA) is 30.0 Å². The van der Waals surface area contributed by atoms with Crippen molar-refractivity contribution in [3.8, 4) is 11.1 Å². The van der Waals surface area contributed by atoms with Crippen molar-refractivity contribution >= 4 is 6.29 Å². The summed E-state index contributed by atoms with van der Waals surface area (Å²) < 4.78 is 12.6. The first-order valence-electron chi connectivity index (χ1n) is 4.47. The number of aromatic nitrogens is 1. The molecule has 0 aliphatic rings. The van der Waals surface area contributed by atoms with Crippen LogP contribution in [0.5, 0.6) is 0 Å². The van der Waals surface area contributed by atoms with Crippen LogP contribution < -0.4 is 0 Å². The zero-order valence-electron chi connectivity index (χ0n) is 7.85. The van der Waals surface area contributed by atoms with Crippen LogP contribution in [0.3, 0.4) is 0 Å². The number of benzene rings is 1. The van der Waals surface area contributed by atoms with Crippen molar-refractivity contribution in [3.63, 3.8) is 0 Å². The maximum Gasteiger partial charge on any atom is 0.212 e. The first-order valence-corrected chi connectivity index (χ1v) is 4.47. The maximum atomic E-state index is 12.6. The lowest BCUT2D eigenvalue weighted by molar-refractivity contribution is 0.112. The van der Waals surface area contributed by atoms with Crippen molar-refractivity contribution in [2.45, 2.75) is 0 Å². The maximum absolute atomic E-state index is 12.6. The average molecular weight is 201 g/mol. The Morgan fingerprint density at radius 2 is 2.00 bits per heavy atom. The SMILES string of the molecule is O=Cc1cccc(-c2ccc(F)nc2)c1. The number of aldehydes is 1. The van der Waals surface area contributed by atoms with E-state index in [9.17, 15) is 9.18 Å². The zero-order chi connectivity index (χ0) is 10.7. The Balaban J connectivity index is 2.44. The Morgan fingerprint density at radius 1 is 1.13 bits per heavy atom. The van der Waals surface area contributed by atoms with Crippen LogP contribution >= 0.6 is 0 Å². The Labute approximate surface area is 86.4 Å². The summed E-state index contributed by atoms with van der Waals surface area (Å²) in [6, 6.07) is 10.0. The predicted octanol–water partition coefficient (Wildman–Crippen LogP) is 2.70. The van der Waals surface area contributed by atoms with Gasteiger partial charge in [-0.3, -0.25) is 4.79 Å². The second kappa shape index (κ2) is 4.00. The van der Waals surface area contributed by atoms with Gasteiger partial charge in [0.05, 0.1) is 0 Å². The monoisotopic (exact) mass is 201 g/mol. The van der Waals surface area contributed by atoms with Crippen molar-refractivity contribution in [2.24, 2.45) is 0 Å². The van der Waals surface area contributed by atoms with Crippen LogP contribution in [0.4, 0.5) is 4.39 Å². The minimum Gasteiger partial charge on any atom is -0.298 e. The zero-order valence-corrected chi connectivity index (χ0v) is 7.85. The summed E-state index contributed by atoms with van der Waals surface area (Å²) in [5.41, 5.74) is 2.24. The summed E-state index contributed by atoms with van der Waals surface area (Å²) in [7, 11) is 0. The number of pyridine rings is 1. The molecule has 3 heteroatoms. The summed E-state index contributed by atoms with van der Waals surface area (Å²) in [6.07, 6.45) is 2.22. The largest absolute Gasteiger partial charge is 0.298 e. The second-order valence-electron chi connectivity index (χ2n) is 3.11.